The summed E-state index contributed by atoms with van der Waals surface area (Å²) >= 11 is 0. The van der Waals surface area contributed by atoms with Crippen LogP contribution in [0, 0.1) is 5.92 Å². The van der Waals surface area contributed by atoms with Gasteiger partial charge >= 0.3 is 0 Å². The van der Waals surface area contributed by atoms with Gasteiger partial charge in [-0.3, -0.25) is 4.90 Å². The van der Waals surface area contributed by atoms with Crippen LogP contribution in [0.25, 0.3) is 0 Å². The molecular formula is C12H19N3O. The van der Waals surface area contributed by atoms with Gasteiger partial charge in [0.05, 0.1) is 6.54 Å². The number of hydrogen-bond donors (Lipinski definition) is 0. The van der Waals surface area contributed by atoms with Gasteiger partial charge in [0.2, 0.25) is 5.89 Å². The van der Waals surface area contributed by atoms with E-state index in [0.29, 0.717) is 5.92 Å². The first-order chi connectivity index (χ1) is 7.81. The Morgan fingerprint density at radius 1 is 1.38 bits per heavy atom. The quantitative estimate of drug-likeness (QED) is 0.784. The molecule has 88 valence electrons. The van der Waals surface area contributed by atoms with Crippen molar-refractivity contribution < 1.29 is 4.52 Å². The molecule has 0 amide bonds. The Balaban J connectivity index is 1.59. The van der Waals surface area contributed by atoms with E-state index in [4.69, 9.17) is 4.52 Å². The van der Waals surface area contributed by atoms with E-state index in [0.717, 1.165) is 24.2 Å². The van der Waals surface area contributed by atoms with E-state index in [1.54, 1.807) is 0 Å². The summed E-state index contributed by atoms with van der Waals surface area (Å²) in [7, 11) is 0. The van der Waals surface area contributed by atoms with E-state index in [1.807, 2.05) is 0 Å². The lowest BCUT2D eigenvalue weighted by Gasteiger charge is -2.29. The smallest absolute Gasteiger partial charge is 0.240 e. The Morgan fingerprint density at radius 2 is 2.25 bits per heavy atom. The summed E-state index contributed by atoms with van der Waals surface area (Å²) in [5, 5.41) is 4.05. The van der Waals surface area contributed by atoms with Crippen LogP contribution in [0.1, 0.15) is 50.2 Å². The number of rotatable bonds is 3. The van der Waals surface area contributed by atoms with E-state index >= 15 is 0 Å². The standard InChI is InChI=1S/C12H19N3O/c1-9-3-2-6-15(7-9)8-11-13-12(14-16-11)10-4-5-10/h9-10H,2-8H2,1H3/t9-/m1/s1. The summed E-state index contributed by atoms with van der Waals surface area (Å²) in [5.41, 5.74) is 0. The summed E-state index contributed by atoms with van der Waals surface area (Å²) in [6.07, 6.45) is 5.12. The molecule has 0 aromatic carbocycles. The lowest BCUT2D eigenvalue weighted by atomic mass is 10.0. The Morgan fingerprint density at radius 3 is 3.00 bits per heavy atom. The normalized spacial score (nSPS) is 27.2. The molecule has 1 aromatic rings. The minimum Gasteiger partial charge on any atom is -0.338 e. The number of likely N-dealkylation sites (tertiary alicyclic amines) is 1. The Kier molecular flexibility index (Phi) is 2.67. The molecule has 1 saturated heterocycles. The van der Waals surface area contributed by atoms with Crippen molar-refractivity contribution in [1.29, 1.82) is 0 Å². The molecule has 0 unspecified atom stereocenters. The predicted molar refractivity (Wildman–Crippen MR) is 59.9 cm³/mol. The molecule has 0 N–H and O–H groups in total. The maximum atomic E-state index is 5.30. The van der Waals surface area contributed by atoms with Gasteiger partial charge in [-0.2, -0.15) is 4.98 Å². The molecular weight excluding hydrogens is 202 g/mol. The fraction of sp³-hybridized carbons (Fsp3) is 0.833. The van der Waals surface area contributed by atoms with Gasteiger partial charge in [0.25, 0.3) is 0 Å². The van der Waals surface area contributed by atoms with Gasteiger partial charge in [0, 0.05) is 12.5 Å². The van der Waals surface area contributed by atoms with E-state index in [9.17, 15) is 0 Å². The van der Waals surface area contributed by atoms with Crippen LogP contribution in [-0.2, 0) is 6.54 Å². The minimum absolute atomic E-state index is 0.595. The molecule has 0 bridgehead atoms. The molecule has 1 atom stereocenters. The van der Waals surface area contributed by atoms with E-state index in [2.05, 4.69) is 22.0 Å². The van der Waals surface area contributed by atoms with Crippen molar-refractivity contribution in [2.45, 2.75) is 45.1 Å². The highest BCUT2D eigenvalue weighted by molar-refractivity contribution is 5.03. The molecule has 3 rings (SSSR count). The minimum atomic E-state index is 0.595. The van der Waals surface area contributed by atoms with Crippen molar-refractivity contribution in [3.8, 4) is 0 Å². The second-order valence-corrected chi connectivity index (χ2v) is 5.30. The lowest BCUT2D eigenvalue weighted by molar-refractivity contribution is 0.157. The Hall–Kier alpha value is -0.900. The second kappa shape index (κ2) is 4.17. The van der Waals surface area contributed by atoms with Crippen molar-refractivity contribution in [3.05, 3.63) is 11.7 Å². The molecule has 0 spiro atoms. The third kappa shape index (κ3) is 2.26. The van der Waals surface area contributed by atoms with Crippen LogP contribution in [0.3, 0.4) is 0 Å². The van der Waals surface area contributed by atoms with Crippen LogP contribution < -0.4 is 0 Å². The highest BCUT2D eigenvalue weighted by atomic mass is 16.5. The van der Waals surface area contributed by atoms with Crippen LogP contribution in [0.5, 0.6) is 0 Å². The first-order valence-electron chi connectivity index (χ1n) is 6.36. The largest absolute Gasteiger partial charge is 0.338 e. The van der Waals surface area contributed by atoms with Gasteiger partial charge in [-0.15, -0.1) is 0 Å². The first-order valence-corrected chi connectivity index (χ1v) is 6.36. The van der Waals surface area contributed by atoms with Gasteiger partial charge in [-0.05, 0) is 38.1 Å². The number of piperidine rings is 1. The summed E-state index contributed by atoms with van der Waals surface area (Å²) < 4.78 is 5.30. The first kappa shape index (κ1) is 10.3. The highest BCUT2D eigenvalue weighted by Gasteiger charge is 2.29. The lowest BCUT2D eigenvalue weighted by Crippen LogP contribution is -2.33. The summed E-state index contributed by atoms with van der Waals surface area (Å²) in [6.45, 7) is 5.49. The highest BCUT2D eigenvalue weighted by Crippen LogP contribution is 2.38. The molecule has 2 aliphatic rings. The molecule has 1 aliphatic heterocycles. The summed E-state index contributed by atoms with van der Waals surface area (Å²) in [5.74, 6) is 3.13. The van der Waals surface area contributed by atoms with Crippen molar-refractivity contribution in [3.63, 3.8) is 0 Å². The second-order valence-electron chi connectivity index (χ2n) is 5.30. The Bertz CT molecular complexity index is 359. The monoisotopic (exact) mass is 221 g/mol. The topological polar surface area (TPSA) is 42.2 Å². The molecule has 4 heteroatoms. The van der Waals surface area contributed by atoms with E-state index in [-0.39, 0.29) is 0 Å². The molecule has 16 heavy (non-hydrogen) atoms. The zero-order chi connectivity index (χ0) is 11.0. The molecule has 4 nitrogen and oxygen atoms in total. The zero-order valence-electron chi connectivity index (χ0n) is 9.85. The maximum absolute atomic E-state index is 5.30. The molecule has 1 saturated carbocycles. The fourth-order valence-corrected chi connectivity index (χ4v) is 2.46. The molecule has 1 aliphatic carbocycles. The van der Waals surface area contributed by atoms with E-state index < -0.39 is 0 Å². The van der Waals surface area contributed by atoms with Gasteiger partial charge < -0.3 is 4.52 Å². The zero-order valence-corrected chi connectivity index (χ0v) is 9.85. The maximum Gasteiger partial charge on any atom is 0.240 e. The third-order valence-electron chi connectivity index (χ3n) is 3.53. The van der Waals surface area contributed by atoms with Gasteiger partial charge in [0.15, 0.2) is 5.82 Å². The fourth-order valence-electron chi connectivity index (χ4n) is 2.46. The average molecular weight is 221 g/mol. The van der Waals surface area contributed by atoms with Crippen LogP contribution in [0.2, 0.25) is 0 Å². The molecule has 2 fully saturated rings. The molecule has 1 aromatic heterocycles. The van der Waals surface area contributed by atoms with E-state index in [1.165, 1.54) is 38.8 Å². The van der Waals surface area contributed by atoms with Crippen molar-refractivity contribution >= 4 is 0 Å². The van der Waals surface area contributed by atoms with Crippen molar-refractivity contribution in [1.82, 2.24) is 15.0 Å². The van der Waals surface area contributed by atoms with Crippen molar-refractivity contribution in [2.75, 3.05) is 13.1 Å². The van der Waals surface area contributed by atoms with Gasteiger partial charge in [0.1, 0.15) is 0 Å². The number of aromatic nitrogens is 2. The summed E-state index contributed by atoms with van der Waals surface area (Å²) in [4.78, 5) is 6.90. The molecule has 2 heterocycles. The van der Waals surface area contributed by atoms with Gasteiger partial charge in [-0.25, -0.2) is 0 Å². The van der Waals surface area contributed by atoms with Crippen LogP contribution >= 0.6 is 0 Å². The Labute approximate surface area is 96.0 Å². The predicted octanol–water partition coefficient (Wildman–Crippen LogP) is 2.18. The van der Waals surface area contributed by atoms with Crippen molar-refractivity contribution in [2.24, 2.45) is 5.92 Å². The van der Waals surface area contributed by atoms with Crippen LogP contribution in [-0.4, -0.2) is 28.1 Å². The third-order valence-corrected chi connectivity index (χ3v) is 3.53. The van der Waals surface area contributed by atoms with Crippen LogP contribution in [0.15, 0.2) is 4.52 Å². The van der Waals surface area contributed by atoms with Crippen LogP contribution in [0.4, 0.5) is 0 Å². The number of hydrogen-bond acceptors (Lipinski definition) is 4. The SMILES string of the molecule is C[C@@H]1CCCN(Cc2nc(C3CC3)no2)C1. The number of nitrogens with zero attached hydrogens (tertiary/aromatic N) is 3. The molecule has 0 radical (unpaired) electrons. The van der Waals surface area contributed by atoms with Gasteiger partial charge in [-0.1, -0.05) is 12.1 Å². The summed E-state index contributed by atoms with van der Waals surface area (Å²) in [6, 6.07) is 0. The average Bonchev–Trinajstić information content (AvgIpc) is 3.01.